The van der Waals surface area contributed by atoms with Crippen LogP contribution in [-0.4, -0.2) is 39.7 Å². The molecule has 20 heavy (non-hydrogen) atoms. The number of nitrogens with zero attached hydrogens (tertiary/aromatic N) is 1. The molecule has 2 unspecified atom stereocenters. The molecule has 108 valence electrons. The van der Waals surface area contributed by atoms with Crippen LogP contribution >= 0.6 is 11.8 Å². The molecule has 1 saturated heterocycles. The van der Waals surface area contributed by atoms with Crippen molar-refractivity contribution < 1.29 is 19.1 Å². The number of carboxylic acid groups (broad SMARTS) is 1. The highest BCUT2D eigenvalue weighted by molar-refractivity contribution is 7.99. The molecule has 0 bridgehead atoms. The summed E-state index contributed by atoms with van der Waals surface area (Å²) in [5.74, 6) is -0.724. The molecule has 0 aliphatic carbocycles. The van der Waals surface area contributed by atoms with E-state index in [1.165, 1.54) is 22.7 Å². The molecule has 7 heteroatoms. The summed E-state index contributed by atoms with van der Waals surface area (Å²) in [5, 5.41) is 11.7. The molecule has 0 spiro atoms. The summed E-state index contributed by atoms with van der Waals surface area (Å²) < 4.78 is 13.6. The second kappa shape index (κ2) is 6.13. The second-order valence-electron chi connectivity index (χ2n) is 4.52. The van der Waals surface area contributed by atoms with Crippen LogP contribution in [-0.2, 0) is 4.79 Å². The average Bonchev–Trinajstić information content (AvgIpc) is 2.88. The average molecular weight is 298 g/mol. The number of thioether (sulfide) groups is 1. The van der Waals surface area contributed by atoms with Crippen molar-refractivity contribution >= 4 is 23.8 Å². The third-order valence-electron chi connectivity index (χ3n) is 3.14. The zero-order valence-corrected chi connectivity index (χ0v) is 11.7. The Morgan fingerprint density at radius 3 is 2.85 bits per heavy atom. The highest BCUT2D eigenvalue weighted by atomic mass is 32.2. The van der Waals surface area contributed by atoms with Crippen LogP contribution in [0.3, 0.4) is 0 Å². The first kappa shape index (κ1) is 14.6. The number of rotatable bonds is 3. The fourth-order valence-corrected chi connectivity index (χ4v) is 3.16. The van der Waals surface area contributed by atoms with Crippen molar-refractivity contribution in [3.8, 4) is 0 Å². The molecule has 1 aliphatic rings. The lowest BCUT2D eigenvalue weighted by atomic mass is 10.1. The molecule has 0 saturated carbocycles. The van der Waals surface area contributed by atoms with Crippen LogP contribution in [0.2, 0.25) is 0 Å². The standard InChI is InChI=1S/C13H15FN2O3S/c1-8(9-4-2-3-5-10(9)14)15-13(19)16-7-20-6-11(16)12(17)18/h2-5,8,11H,6-7H2,1H3,(H,15,19)(H,17,18). The van der Waals surface area contributed by atoms with E-state index in [0.717, 1.165) is 0 Å². The maximum atomic E-state index is 13.6. The Morgan fingerprint density at radius 2 is 2.20 bits per heavy atom. The van der Waals surface area contributed by atoms with Crippen molar-refractivity contribution in [3.05, 3.63) is 35.6 Å². The number of carboxylic acids is 1. The molecule has 1 aromatic rings. The third-order valence-corrected chi connectivity index (χ3v) is 4.15. The summed E-state index contributed by atoms with van der Waals surface area (Å²) in [5.41, 5.74) is 0.375. The topological polar surface area (TPSA) is 69.6 Å². The van der Waals surface area contributed by atoms with Gasteiger partial charge in [-0.3, -0.25) is 0 Å². The van der Waals surface area contributed by atoms with Gasteiger partial charge < -0.3 is 15.3 Å². The Balaban J connectivity index is 2.04. The van der Waals surface area contributed by atoms with E-state index in [4.69, 9.17) is 5.11 Å². The van der Waals surface area contributed by atoms with E-state index in [-0.39, 0.29) is 0 Å². The lowest BCUT2D eigenvalue weighted by Crippen LogP contribution is -2.47. The Hall–Kier alpha value is -1.76. The minimum atomic E-state index is -1.02. The minimum absolute atomic E-state index is 0.326. The second-order valence-corrected chi connectivity index (χ2v) is 5.52. The fourth-order valence-electron chi connectivity index (χ4n) is 2.02. The van der Waals surface area contributed by atoms with E-state index in [2.05, 4.69) is 5.32 Å². The Kier molecular flexibility index (Phi) is 4.49. The highest BCUT2D eigenvalue weighted by Crippen LogP contribution is 2.22. The smallest absolute Gasteiger partial charge is 0.327 e. The van der Waals surface area contributed by atoms with E-state index in [1.54, 1.807) is 25.1 Å². The van der Waals surface area contributed by atoms with Crippen molar-refractivity contribution in [3.63, 3.8) is 0 Å². The van der Waals surface area contributed by atoms with Crippen LogP contribution in [0.5, 0.6) is 0 Å². The molecule has 2 atom stereocenters. The molecule has 1 aromatic carbocycles. The molecule has 1 fully saturated rings. The molecule has 1 heterocycles. The molecule has 2 N–H and O–H groups in total. The maximum absolute atomic E-state index is 13.6. The normalized spacial score (nSPS) is 19.7. The van der Waals surface area contributed by atoms with Gasteiger partial charge in [-0.2, -0.15) is 0 Å². The number of nitrogens with one attached hydrogen (secondary N) is 1. The molecule has 2 amide bonds. The van der Waals surface area contributed by atoms with Gasteiger partial charge in [-0.15, -0.1) is 11.8 Å². The SMILES string of the molecule is CC(NC(=O)N1CSCC1C(=O)O)c1ccccc1F. The van der Waals surface area contributed by atoms with Gasteiger partial charge in [0.15, 0.2) is 0 Å². The molecule has 1 aliphatic heterocycles. The molecule has 5 nitrogen and oxygen atoms in total. The first-order chi connectivity index (χ1) is 9.50. The van der Waals surface area contributed by atoms with Crippen LogP contribution in [0.4, 0.5) is 9.18 Å². The number of carbonyl (C=O) groups is 2. The van der Waals surface area contributed by atoms with Crippen LogP contribution in [0.25, 0.3) is 0 Å². The lowest BCUT2D eigenvalue weighted by molar-refractivity contribution is -0.140. The van der Waals surface area contributed by atoms with Gasteiger partial charge in [0, 0.05) is 11.3 Å². The number of carbonyl (C=O) groups excluding carboxylic acids is 1. The summed E-state index contributed by atoms with van der Waals surface area (Å²) in [7, 11) is 0. The number of halogens is 1. The molecular weight excluding hydrogens is 283 g/mol. The van der Waals surface area contributed by atoms with Gasteiger partial charge in [0.2, 0.25) is 0 Å². The molecular formula is C13H15FN2O3S. The van der Waals surface area contributed by atoms with E-state index in [9.17, 15) is 14.0 Å². The first-order valence-corrected chi connectivity index (χ1v) is 7.28. The number of amides is 2. The van der Waals surface area contributed by atoms with E-state index < -0.39 is 29.9 Å². The minimum Gasteiger partial charge on any atom is -0.480 e. The fraction of sp³-hybridized carbons (Fsp3) is 0.385. The van der Waals surface area contributed by atoms with Gasteiger partial charge in [0.25, 0.3) is 0 Å². The Morgan fingerprint density at radius 1 is 1.50 bits per heavy atom. The van der Waals surface area contributed by atoms with E-state index in [1.807, 2.05) is 0 Å². The Bertz CT molecular complexity index is 526. The van der Waals surface area contributed by atoms with Crippen molar-refractivity contribution in [2.45, 2.75) is 19.0 Å². The van der Waals surface area contributed by atoms with Gasteiger partial charge in [0.1, 0.15) is 11.9 Å². The van der Waals surface area contributed by atoms with Crippen LogP contribution in [0.1, 0.15) is 18.5 Å². The quantitative estimate of drug-likeness (QED) is 0.896. The van der Waals surface area contributed by atoms with Gasteiger partial charge in [-0.05, 0) is 13.0 Å². The van der Waals surface area contributed by atoms with Gasteiger partial charge in [-0.1, -0.05) is 18.2 Å². The number of benzene rings is 1. The van der Waals surface area contributed by atoms with Crippen molar-refractivity contribution in [2.24, 2.45) is 0 Å². The van der Waals surface area contributed by atoms with Gasteiger partial charge >= 0.3 is 12.0 Å². The number of urea groups is 1. The summed E-state index contributed by atoms with van der Waals surface area (Å²) in [6.45, 7) is 1.66. The molecule has 0 aromatic heterocycles. The van der Waals surface area contributed by atoms with Crippen LogP contribution in [0, 0.1) is 5.82 Å². The predicted octanol–water partition coefficient (Wildman–Crippen LogP) is 2.06. The predicted molar refractivity (Wildman–Crippen MR) is 73.9 cm³/mol. The van der Waals surface area contributed by atoms with Gasteiger partial charge in [0.05, 0.1) is 11.9 Å². The number of hydrogen-bond acceptors (Lipinski definition) is 3. The highest BCUT2D eigenvalue weighted by Gasteiger charge is 2.35. The summed E-state index contributed by atoms with van der Waals surface area (Å²) in [6.07, 6.45) is 0. The number of hydrogen-bond donors (Lipinski definition) is 2. The van der Waals surface area contributed by atoms with Crippen LogP contribution in [0.15, 0.2) is 24.3 Å². The number of aliphatic carboxylic acids is 1. The zero-order chi connectivity index (χ0) is 14.7. The maximum Gasteiger partial charge on any atom is 0.327 e. The first-order valence-electron chi connectivity index (χ1n) is 6.13. The summed E-state index contributed by atoms with van der Waals surface area (Å²) >= 11 is 1.38. The summed E-state index contributed by atoms with van der Waals surface area (Å²) in [6, 6.07) is 4.34. The largest absolute Gasteiger partial charge is 0.480 e. The zero-order valence-electron chi connectivity index (χ0n) is 10.9. The van der Waals surface area contributed by atoms with Crippen molar-refractivity contribution in [1.82, 2.24) is 10.2 Å². The third kappa shape index (κ3) is 3.04. The van der Waals surface area contributed by atoms with Crippen LogP contribution < -0.4 is 5.32 Å². The molecule has 2 rings (SSSR count). The van der Waals surface area contributed by atoms with Gasteiger partial charge in [-0.25, -0.2) is 14.0 Å². The van der Waals surface area contributed by atoms with E-state index >= 15 is 0 Å². The molecule has 0 radical (unpaired) electrons. The Labute approximate surface area is 120 Å². The lowest BCUT2D eigenvalue weighted by Gasteiger charge is -2.24. The van der Waals surface area contributed by atoms with Crippen molar-refractivity contribution in [2.75, 3.05) is 11.6 Å². The van der Waals surface area contributed by atoms with E-state index in [0.29, 0.717) is 17.2 Å². The van der Waals surface area contributed by atoms with Crippen molar-refractivity contribution in [1.29, 1.82) is 0 Å². The monoisotopic (exact) mass is 298 g/mol. The summed E-state index contributed by atoms with van der Waals surface area (Å²) in [4.78, 5) is 24.4.